The van der Waals surface area contributed by atoms with Crippen LogP contribution in [0, 0.1) is 0 Å². The summed E-state index contributed by atoms with van der Waals surface area (Å²) in [5.41, 5.74) is 13.8. The second-order valence-electron chi connectivity index (χ2n) is 10.5. The maximum Gasteiger partial charge on any atom is 0.496 e. The highest BCUT2D eigenvalue weighted by Gasteiger charge is 2.57. The Bertz CT molecular complexity index is 1390. The molecule has 0 heterocycles. The molecule has 4 rings (SSSR count). The highest BCUT2D eigenvalue weighted by Crippen LogP contribution is 2.42. The minimum Gasteiger partial charge on any atom is -0.359 e. The number of sulfone groups is 2. The van der Waals surface area contributed by atoms with Gasteiger partial charge in [0.15, 0.2) is 0 Å². The highest BCUT2D eigenvalue weighted by molar-refractivity contribution is 8.32. The van der Waals surface area contributed by atoms with Crippen molar-refractivity contribution in [3.05, 3.63) is 88.5 Å². The van der Waals surface area contributed by atoms with Crippen molar-refractivity contribution >= 4 is 36.2 Å². The molecule has 8 heteroatoms. The average Bonchev–Trinajstić information content (AvgIpc) is 3.37. The van der Waals surface area contributed by atoms with Gasteiger partial charge in [-0.1, -0.05) is 72.8 Å². The normalized spacial score (nSPS) is 19.3. The van der Waals surface area contributed by atoms with Crippen molar-refractivity contribution < 1.29 is 21.6 Å². The Labute approximate surface area is 207 Å². The number of benzene rings is 2. The van der Waals surface area contributed by atoms with Crippen LogP contribution in [0.15, 0.2) is 60.7 Å². The lowest BCUT2D eigenvalue weighted by molar-refractivity contribution is 0.00346. The van der Waals surface area contributed by atoms with Crippen LogP contribution in [0.25, 0.3) is 17.7 Å². The number of hydrogen-bond donors (Lipinski definition) is 0. The maximum absolute atomic E-state index is 13.7. The summed E-state index contributed by atoms with van der Waals surface area (Å²) in [4.78, 5) is 2.91. The molecular weight excluding hydrogens is 480 g/mol. The van der Waals surface area contributed by atoms with Gasteiger partial charge in [0.2, 0.25) is 0 Å². The Morgan fingerprint density at radius 2 is 1.11 bits per heavy atom. The molecule has 0 saturated carbocycles. The van der Waals surface area contributed by atoms with Crippen LogP contribution < -0.4 is 0 Å². The van der Waals surface area contributed by atoms with E-state index in [1.807, 2.05) is 72.8 Å². The molecule has 6 nitrogen and oxygen atoms in total. The van der Waals surface area contributed by atoms with Gasteiger partial charge < -0.3 is 5.53 Å². The van der Waals surface area contributed by atoms with E-state index in [9.17, 15) is 22.4 Å². The molecular formula is C27H30N2O4S2. The fraction of sp³-hybridized carbons (Fsp3) is 0.370. The standard InChI is InChI=1S/C27H30N2O4S2/c1-26(2,17-21-15-13-19-9-5-7-11-23(19)21)34(30,31)25(29-28)35(32,33)27(3,4)18-22-16-14-20-10-6-8-12-24(20)22/h5-16,21-22H,17-18H2,1-4H3. The van der Waals surface area contributed by atoms with Gasteiger partial charge in [0.25, 0.3) is 19.7 Å². The Balaban J connectivity index is 1.63. The molecule has 0 bridgehead atoms. The summed E-state index contributed by atoms with van der Waals surface area (Å²) in [7, 11) is -9.03. The molecule has 2 unspecified atom stereocenters. The maximum atomic E-state index is 13.7. The van der Waals surface area contributed by atoms with E-state index in [0.29, 0.717) is 0 Å². The van der Waals surface area contributed by atoms with Crippen molar-refractivity contribution in [2.75, 3.05) is 0 Å². The van der Waals surface area contributed by atoms with Crippen molar-refractivity contribution in [1.29, 1.82) is 0 Å². The molecule has 0 radical (unpaired) electrons. The van der Waals surface area contributed by atoms with Gasteiger partial charge >= 0.3 is 4.38 Å². The summed E-state index contributed by atoms with van der Waals surface area (Å²) in [6.07, 6.45) is 8.04. The molecule has 2 aromatic carbocycles. The molecule has 0 fully saturated rings. The molecule has 2 aliphatic rings. The Morgan fingerprint density at radius 3 is 1.49 bits per heavy atom. The fourth-order valence-corrected chi connectivity index (χ4v) is 9.47. The fourth-order valence-electron chi connectivity index (χ4n) is 5.01. The van der Waals surface area contributed by atoms with E-state index in [0.717, 1.165) is 22.3 Å². The first-order chi connectivity index (χ1) is 16.3. The van der Waals surface area contributed by atoms with Crippen molar-refractivity contribution in [3.63, 3.8) is 0 Å². The molecule has 2 atom stereocenters. The first kappa shape index (κ1) is 25.3. The van der Waals surface area contributed by atoms with Crippen LogP contribution in [0.1, 0.15) is 74.6 Å². The first-order valence-electron chi connectivity index (χ1n) is 11.6. The lowest BCUT2D eigenvalue weighted by Crippen LogP contribution is -2.48. The summed E-state index contributed by atoms with van der Waals surface area (Å²) < 4.78 is 50.7. The SMILES string of the molecule is CC(C)(CC1C=Cc2ccccc21)S(=O)(=O)C(=[N+]=[N-])S(=O)(=O)C(C)(C)CC1C=Cc2ccccc21. The molecule has 184 valence electrons. The molecule has 0 spiro atoms. The quantitative estimate of drug-likeness (QED) is 0.226. The van der Waals surface area contributed by atoms with Gasteiger partial charge in [0.05, 0.1) is 9.49 Å². The lowest BCUT2D eigenvalue weighted by atomic mass is 9.91. The zero-order chi connectivity index (χ0) is 25.6. The van der Waals surface area contributed by atoms with E-state index in [2.05, 4.69) is 4.79 Å². The number of hydrogen-bond acceptors (Lipinski definition) is 4. The molecule has 0 aliphatic heterocycles. The monoisotopic (exact) mass is 510 g/mol. The van der Waals surface area contributed by atoms with Gasteiger partial charge in [0.1, 0.15) is 0 Å². The van der Waals surface area contributed by atoms with E-state index >= 15 is 0 Å². The van der Waals surface area contributed by atoms with Crippen LogP contribution in [0.4, 0.5) is 0 Å². The van der Waals surface area contributed by atoms with Crippen LogP contribution in [-0.4, -0.2) is 35.5 Å². The van der Waals surface area contributed by atoms with Gasteiger partial charge in [-0.3, -0.25) is 0 Å². The Kier molecular flexibility index (Phi) is 6.29. The molecule has 2 aromatic rings. The minimum atomic E-state index is -4.52. The van der Waals surface area contributed by atoms with Crippen LogP contribution in [-0.2, 0) is 19.7 Å². The summed E-state index contributed by atoms with van der Waals surface area (Å²) in [6.45, 7) is 5.95. The topological polar surface area (TPSA) is 105 Å². The minimum absolute atomic E-state index is 0.149. The van der Waals surface area contributed by atoms with Crippen LogP contribution in [0.3, 0.4) is 0 Å². The van der Waals surface area contributed by atoms with E-state index in [-0.39, 0.29) is 24.7 Å². The van der Waals surface area contributed by atoms with Crippen LogP contribution in [0.5, 0.6) is 0 Å². The lowest BCUT2D eigenvalue weighted by Gasteiger charge is -2.29. The van der Waals surface area contributed by atoms with Crippen LogP contribution in [0.2, 0.25) is 0 Å². The molecule has 0 saturated heterocycles. The molecule has 0 aromatic heterocycles. The zero-order valence-corrected chi connectivity index (χ0v) is 22.0. The summed E-state index contributed by atoms with van der Waals surface area (Å²) in [5.74, 6) is -0.376. The Morgan fingerprint density at radius 1 is 0.743 bits per heavy atom. The number of nitrogens with zero attached hydrogens (tertiary/aromatic N) is 2. The Hall–Kier alpha value is -2.80. The largest absolute Gasteiger partial charge is 0.496 e. The van der Waals surface area contributed by atoms with Crippen molar-refractivity contribution in [1.82, 2.24) is 0 Å². The third-order valence-electron chi connectivity index (χ3n) is 7.23. The zero-order valence-electron chi connectivity index (χ0n) is 20.3. The smallest absolute Gasteiger partial charge is 0.359 e. The predicted molar refractivity (Wildman–Crippen MR) is 140 cm³/mol. The third kappa shape index (κ3) is 4.24. The van der Waals surface area contributed by atoms with Gasteiger partial charge in [-0.2, -0.15) is 0 Å². The van der Waals surface area contributed by atoms with Gasteiger partial charge in [-0.25, -0.2) is 16.8 Å². The average molecular weight is 511 g/mol. The first-order valence-corrected chi connectivity index (χ1v) is 14.5. The molecule has 35 heavy (non-hydrogen) atoms. The summed E-state index contributed by atoms with van der Waals surface area (Å²) in [5, 5.41) is 0. The second-order valence-corrected chi connectivity index (χ2v) is 15.7. The van der Waals surface area contributed by atoms with Crippen LogP contribution >= 0.6 is 0 Å². The number of fused-ring (bicyclic) bond motifs is 2. The van der Waals surface area contributed by atoms with Gasteiger partial charge in [-0.05, 0) is 62.8 Å². The third-order valence-corrected chi connectivity index (χ3v) is 12.9. The molecule has 0 N–H and O–H groups in total. The van der Waals surface area contributed by atoms with E-state index in [1.165, 1.54) is 27.7 Å². The van der Waals surface area contributed by atoms with E-state index in [1.54, 1.807) is 0 Å². The number of rotatable bonds is 6. The summed E-state index contributed by atoms with van der Waals surface area (Å²) >= 11 is 0. The van der Waals surface area contributed by atoms with E-state index in [4.69, 9.17) is 0 Å². The highest BCUT2D eigenvalue weighted by atomic mass is 32.3. The van der Waals surface area contributed by atoms with Gasteiger partial charge in [-0.15, -0.1) is 4.79 Å². The molecule has 0 amide bonds. The predicted octanol–water partition coefficient (Wildman–Crippen LogP) is 5.36. The van der Waals surface area contributed by atoms with Gasteiger partial charge in [0, 0.05) is 11.8 Å². The van der Waals surface area contributed by atoms with E-state index < -0.39 is 33.5 Å². The second kappa shape index (κ2) is 8.70. The van der Waals surface area contributed by atoms with Crippen molar-refractivity contribution in [2.24, 2.45) is 0 Å². The summed E-state index contributed by atoms with van der Waals surface area (Å²) in [6, 6.07) is 15.4. The molecule has 2 aliphatic carbocycles. The van der Waals surface area contributed by atoms with Crippen molar-refractivity contribution in [3.8, 4) is 0 Å². The number of allylic oxidation sites excluding steroid dienone is 2. The van der Waals surface area contributed by atoms with Crippen molar-refractivity contribution in [2.45, 2.75) is 61.9 Å².